The number of amides is 1. The van der Waals surface area contributed by atoms with Crippen LogP contribution in [0.4, 0.5) is 24.5 Å². The minimum Gasteiger partial charge on any atom is -0.406 e. The van der Waals surface area contributed by atoms with E-state index in [1.54, 1.807) is 12.1 Å². The third-order valence-corrected chi connectivity index (χ3v) is 5.54. The molecule has 0 bridgehead atoms. The van der Waals surface area contributed by atoms with Crippen LogP contribution in [-0.4, -0.2) is 20.7 Å². The summed E-state index contributed by atoms with van der Waals surface area (Å²) in [5.41, 5.74) is 0.180. The molecule has 0 aliphatic heterocycles. The van der Waals surface area contributed by atoms with E-state index in [2.05, 4.69) is 14.8 Å². The number of carbonyl (C=O) groups is 1. The number of benzene rings is 3. The molecule has 1 amide bonds. The summed E-state index contributed by atoms with van der Waals surface area (Å²) in [6, 6.07) is 16.1. The fraction of sp³-hybridized carbons (Fsp3) is 0.0500. The summed E-state index contributed by atoms with van der Waals surface area (Å²) in [6.45, 7) is 0. The van der Waals surface area contributed by atoms with Crippen molar-refractivity contribution in [1.82, 2.24) is 0 Å². The largest absolute Gasteiger partial charge is 0.573 e. The quantitative estimate of drug-likeness (QED) is 0.512. The van der Waals surface area contributed by atoms with Crippen molar-refractivity contribution in [2.75, 3.05) is 10.0 Å². The SMILES string of the molecule is O=C(Nc1cccc(OC(F)(F)F)c1)c1cccc(S(=O)(=O)Nc2ccccc2Cl)c1. The van der Waals surface area contributed by atoms with Gasteiger partial charge < -0.3 is 10.1 Å². The average molecular weight is 471 g/mol. The van der Waals surface area contributed by atoms with Crippen LogP contribution in [0.5, 0.6) is 5.75 Å². The van der Waals surface area contributed by atoms with Crippen LogP contribution >= 0.6 is 11.6 Å². The lowest BCUT2D eigenvalue weighted by molar-refractivity contribution is -0.274. The summed E-state index contributed by atoms with van der Waals surface area (Å²) in [5, 5.41) is 2.59. The summed E-state index contributed by atoms with van der Waals surface area (Å²) in [5.74, 6) is -1.23. The van der Waals surface area contributed by atoms with Crippen LogP contribution in [0.1, 0.15) is 10.4 Å². The molecule has 0 unspecified atom stereocenters. The molecule has 31 heavy (non-hydrogen) atoms. The zero-order valence-electron chi connectivity index (χ0n) is 15.5. The van der Waals surface area contributed by atoms with Crippen molar-refractivity contribution in [2.45, 2.75) is 11.3 Å². The monoisotopic (exact) mass is 470 g/mol. The summed E-state index contributed by atoms with van der Waals surface area (Å²) >= 11 is 5.97. The highest BCUT2D eigenvalue weighted by Crippen LogP contribution is 2.26. The van der Waals surface area contributed by atoms with Gasteiger partial charge in [-0.2, -0.15) is 0 Å². The molecular weight excluding hydrogens is 457 g/mol. The van der Waals surface area contributed by atoms with Crippen LogP contribution < -0.4 is 14.8 Å². The van der Waals surface area contributed by atoms with E-state index < -0.39 is 28.0 Å². The van der Waals surface area contributed by atoms with Crippen molar-refractivity contribution in [1.29, 1.82) is 0 Å². The molecule has 0 aromatic heterocycles. The molecule has 0 fully saturated rings. The second kappa shape index (κ2) is 8.86. The number of alkyl halides is 3. The minimum absolute atomic E-state index is 0.0239. The third kappa shape index (κ3) is 6.12. The van der Waals surface area contributed by atoms with Crippen LogP contribution in [0.25, 0.3) is 0 Å². The molecule has 0 heterocycles. The summed E-state index contributed by atoms with van der Waals surface area (Å²) in [7, 11) is -4.05. The Hall–Kier alpha value is -3.24. The molecule has 3 aromatic rings. The zero-order valence-corrected chi connectivity index (χ0v) is 17.1. The van der Waals surface area contributed by atoms with E-state index in [4.69, 9.17) is 11.6 Å². The molecule has 0 radical (unpaired) electrons. The van der Waals surface area contributed by atoms with Gasteiger partial charge in [0.05, 0.1) is 15.6 Å². The van der Waals surface area contributed by atoms with Crippen molar-refractivity contribution >= 4 is 38.9 Å². The van der Waals surface area contributed by atoms with E-state index >= 15 is 0 Å². The van der Waals surface area contributed by atoms with Gasteiger partial charge in [-0.1, -0.05) is 35.9 Å². The lowest BCUT2D eigenvalue weighted by Crippen LogP contribution is -2.18. The Balaban J connectivity index is 1.79. The lowest BCUT2D eigenvalue weighted by Gasteiger charge is -2.12. The summed E-state index contributed by atoms with van der Waals surface area (Å²) in [6.07, 6.45) is -4.88. The fourth-order valence-corrected chi connectivity index (χ4v) is 3.89. The predicted octanol–water partition coefficient (Wildman–Crippen LogP) is 5.29. The summed E-state index contributed by atoms with van der Waals surface area (Å²) < 4.78 is 68.5. The molecule has 11 heteroatoms. The Morgan fingerprint density at radius 3 is 2.35 bits per heavy atom. The van der Waals surface area contributed by atoms with Crippen molar-refractivity contribution in [3.63, 3.8) is 0 Å². The van der Waals surface area contributed by atoms with E-state index in [1.165, 1.54) is 42.5 Å². The van der Waals surface area contributed by atoms with Crippen LogP contribution in [0.15, 0.2) is 77.7 Å². The highest BCUT2D eigenvalue weighted by molar-refractivity contribution is 7.92. The van der Waals surface area contributed by atoms with Gasteiger partial charge in [-0.15, -0.1) is 13.2 Å². The molecule has 0 aliphatic rings. The number of para-hydroxylation sites is 1. The minimum atomic E-state index is -4.88. The first-order valence-corrected chi connectivity index (χ1v) is 10.4. The van der Waals surface area contributed by atoms with E-state index in [-0.39, 0.29) is 26.9 Å². The van der Waals surface area contributed by atoms with Crippen molar-refractivity contribution < 1.29 is 31.1 Å². The van der Waals surface area contributed by atoms with Gasteiger partial charge in [-0.3, -0.25) is 9.52 Å². The lowest BCUT2D eigenvalue weighted by atomic mass is 10.2. The summed E-state index contributed by atoms with van der Waals surface area (Å²) in [4.78, 5) is 12.3. The Bertz CT molecular complexity index is 1220. The molecule has 0 saturated heterocycles. The predicted molar refractivity (Wildman–Crippen MR) is 110 cm³/mol. The first-order chi connectivity index (χ1) is 14.5. The normalized spacial score (nSPS) is 11.6. The molecule has 2 N–H and O–H groups in total. The van der Waals surface area contributed by atoms with Gasteiger partial charge in [0.2, 0.25) is 0 Å². The smallest absolute Gasteiger partial charge is 0.406 e. The number of sulfonamides is 1. The number of carbonyl (C=O) groups excluding carboxylic acids is 1. The maximum Gasteiger partial charge on any atom is 0.573 e. The second-order valence-corrected chi connectivity index (χ2v) is 8.23. The molecular formula is C20H14ClF3N2O4S. The number of hydrogen-bond acceptors (Lipinski definition) is 4. The highest BCUT2D eigenvalue weighted by Gasteiger charge is 2.31. The van der Waals surface area contributed by atoms with Gasteiger partial charge in [-0.25, -0.2) is 8.42 Å². The number of nitrogens with one attached hydrogen (secondary N) is 2. The molecule has 162 valence electrons. The van der Waals surface area contributed by atoms with E-state index in [9.17, 15) is 26.4 Å². The molecule has 0 spiro atoms. The maximum absolute atomic E-state index is 12.6. The van der Waals surface area contributed by atoms with Gasteiger partial charge in [0, 0.05) is 17.3 Å². The first kappa shape index (κ1) is 22.4. The highest BCUT2D eigenvalue weighted by atomic mass is 35.5. The van der Waals surface area contributed by atoms with Gasteiger partial charge in [-0.05, 0) is 42.5 Å². The van der Waals surface area contributed by atoms with Gasteiger partial charge in [0.25, 0.3) is 15.9 Å². The molecule has 0 atom stereocenters. The Morgan fingerprint density at radius 1 is 0.935 bits per heavy atom. The topological polar surface area (TPSA) is 84.5 Å². The van der Waals surface area contributed by atoms with E-state index in [1.807, 2.05) is 0 Å². The van der Waals surface area contributed by atoms with Gasteiger partial charge in [0.1, 0.15) is 5.75 Å². The van der Waals surface area contributed by atoms with Crippen LogP contribution in [0, 0.1) is 0 Å². The van der Waals surface area contributed by atoms with Gasteiger partial charge in [0.15, 0.2) is 0 Å². The van der Waals surface area contributed by atoms with Crippen LogP contribution in [-0.2, 0) is 10.0 Å². The number of anilines is 2. The number of rotatable bonds is 6. The molecule has 3 aromatic carbocycles. The van der Waals surface area contributed by atoms with Crippen molar-refractivity contribution in [2.24, 2.45) is 0 Å². The number of halogens is 4. The fourth-order valence-electron chi connectivity index (χ4n) is 2.53. The Morgan fingerprint density at radius 2 is 1.65 bits per heavy atom. The van der Waals surface area contributed by atoms with E-state index in [0.717, 1.165) is 18.2 Å². The maximum atomic E-state index is 12.6. The Labute approximate surface area is 180 Å². The zero-order chi connectivity index (χ0) is 22.6. The van der Waals surface area contributed by atoms with Gasteiger partial charge >= 0.3 is 6.36 Å². The van der Waals surface area contributed by atoms with E-state index in [0.29, 0.717) is 0 Å². The Kier molecular flexibility index (Phi) is 6.42. The average Bonchev–Trinajstić information content (AvgIpc) is 2.69. The number of hydrogen-bond donors (Lipinski definition) is 2. The number of ether oxygens (including phenoxy) is 1. The first-order valence-electron chi connectivity index (χ1n) is 8.58. The van der Waals surface area contributed by atoms with Crippen LogP contribution in [0.2, 0.25) is 5.02 Å². The third-order valence-electron chi connectivity index (χ3n) is 3.85. The molecule has 6 nitrogen and oxygen atoms in total. The van der Waals surface area contributed by atoms with Crippen LogP contribution in [0.3, 0.4) is 0 Å². The van der Waals surface area contributed by atoms with Crippen molar-refractivity contribution in [3.05, 3.63) is 83.4 Å². The molecule has 0 aliphatic carbocycles. The molecule has 0 saturated carbocycles. The second-order valence-electron chi connectivity index (χ2n) is 6.14. The molecule has 3 rings (SSSR count). The standard InChI is InChI=1S/C20H14ClF3N2O4S/c21-17-9-1-2-10-18(17)26-31(28,29)16-8-3-5-13(11-16)19(27)25-14-6-4-7-15(12-14)30-20(22,23)24/h1-12,26H,(H,25,27). The van der Waals surface area contributed by atoms with Crippen molar-refractivity contribution in [3.8, 4) is 5.75 Å².